The van der Waals surface area contributed by atoms with Crippen LogP contribution in [0.25, 0.3) is 0 Å². The fraction of sp³-hybridized carbons (Fsp3) is 0.111. The first-order valence-electron chi connectivity index (χ1n) is 3.76. The molecule has 0 saturated heterocycles. The summed E-state index contributed by atoms with van der Waals surface area (Å²) in [5.41, 5.74) is 0.758. The third-order valence-electron chi connectivity index (χ3n) is 1.62. The molecule has 2 nitrogen and oxygen atoms in total. The molecule has 0 unspecified atom stereocenters. The number of halogens is 2. The zero-order valence-electron chi connectivity index (χ0n) is 7.04. The molecule has 0 heterocycles. The van der Waals surface area contributed by atoms with Gasteiger partial charge in [0.15, 0.2) is 12.6 Å². The fourth-order valence-corrected chi connectivity index (χ4v) is 2.43. The molecule has 0 N–H and O–H groups in total. The van der Waals surface area contributed by atoms with Gasteiger partial charge in [-0.15, -0.1) is 23.2 Å². The van der Waals surface area contributed by atoms with Crippen LogP contribution in [0.1, 0.15) is 20.7 Å². The predicted octanol–water partition coefficient (Wildman–Crippen LogP) is 1.40. The molecule has 2 radical (unpaired) electrons. The third-order valence-corrected chi connectivity index (χ3v) is 3.13. The van der Waals surface area contributed by atoms with Crippen LogP contribution in [-0.4, -0.2) is 26.6 Å². The first-order chi connectivity index (χ1) is 6.67. The van der Waals surface area contributed by atoms with Gasteiger partial charge in [-0.3, -0.25) is 9.59 Å². The molecule has 1 aromatic carbocycles. The minimum atomic E-state index is -0.475. The molecule has 0 bridgehead atoms. The van der Waals surface area contributed by atoms with Crippen LogP contribution in [0.2, 0.25) is 0 Å². The molecule has 1 aromatic rings. The first-order valence-corrected chi connectivity index (χ1v) is 5.71. The molecule has 5 heteroatoms. The summed E-state index contributed by atoms with van der Waals surface area (Å²) in [6.45, 7) is 0. The molecular weight excluding hydrogens is 239 g/mol. The van der Waals surface area contributed by atoms with Gasteiger partial charge >= 0.3 is 0 Å². The zero-order chi connectivity index (χ0) is 10.6. The highest BCUT2D eigenvalue weighted by atomic mass is 35.5. The molecule has 0 aromatic heterocycles. The molecule has 0 aliphatic rings. The number of alkyl halides is 2. The van der Waals surface area contributed by atoms with E-state index >= 15 is 0 Å². The Bertz CT molecular complexity index is 353. The van der Waals surface area contributed by atoms with Gasteiger partial charge in [0.1, 0.15) is 9.52 Å². The highest BCUT2D eigenvalue weighted by Crippen LogP contribution is 2.04. The predicted molar refractivity (Wildman–Crippen MR) is 58.1 cm³/mol. The van der Waals surface area contributed by atoms with Crippen molar-refractivity contribution < 1.29 is 9.59 Å². The van der Waals surface area contributed by atoms with Gasteiger partial charge in [0.05, 0.1) is 4.46 Å². The quantitative estimate of drug-likeness (QED) is 0.456. The number of carbonyl (C=O) groups excluding carboxylic acids is 2. The maximum absolute atomic E-state index is 10.6. The molecule has 72 valence electrons. The van der Waals surface area contributed by atoms with Crippen LogP contribution in [0.4, 0.5) is 0 Å². The Kier molecular flexibility index (Phi) is 4.32. The van der Waals surface area contributed by atoms with Gasteiger partial charge in [-0.1, -0.05) is 23.4 Å². The molecule has 1 rings (SSSR count). The maximum atomic E-state index is 10.6. The van der Waals surface area contributed by atoms with Crippen molar-refractivity contribution in [2.24, 2.45) is 0 Å². The molecule has 14 heavy (non-hydrogen) atoms. The minimum absolute atomic E-state index is 0.214. The Morgan fingerprint density at radius 2 is 1.79 bits per heavy atom. The Morgan fingerprint density at radius 3 is 2.29 bits per heavy atom. The van der Waals surface area contributed by atoms with Crippen molar-refractivity contribution in [1.29, 1.82) is 0 Å². The van der Waals surface area contributed by atoms with Crippen LogP contribution < -0.4 is 5.19 Å². The monoisotopic (exact) mass is 244 g/mol. The zero-order valence-corrected chi connectivity index (χ0v) is 9.55. The number of aldehydes is 2. The van der Waals surface area contributed by atoms with E-state index in [4.69, 9.17) is 23.2 Å². The number of rotatable bonds is 4. The van der Waals surface area contributed by atoms with Gasteiger partial charge in [0, 0.05) is 11.1 Å². The van der Waals surface area contributed by atoms with Gasteiger partial charge in [0.2, 0.25) is 0 Å². The lowest BCUT2D eigenvalue weighted by molar-refractivity contribution is 0.109. The average molecular weight is 245 g/mol. The second-order valence-electron chi connectivity index (χ2n) is 2.52. The first kappa shape index (κ1) is 11.4. The summed E-state index contributed by atoms with van der Waals surface area (Å²) in [4.78, 5) is 21.1. The molecule has 0 fully saturated rings. The van der Waals surface area contributed by atoms with Crippen molar-refractivity contribution >= 4 is 50.5 Å². The standard InChI is InChI=1S/C9H6Cl2O2Si/c10-9(11)14-8-2-1-6(4-12)7(3-8)5-13/h1-5,9H. The Morgan fingerprint density at radius 1 is 1.14 bits per heavy atom. The van der Waals surface area contributed by atoms with Gasteiger partial charge in [-0.2, -0.15) is 0 Å². The van der Waals surface area contributed by atoms with E-state index in [1.807, 2.05) is 0 Å². The highest BCUT2D eigenvalue weighted by Gasteiger charge is 2.06. The van der Waals surface area contributed by atoms with Crippen molar-refractivity contribution in [3.05, 3.63) is 29.3 Å². The second kappa shape index (κ2) is 5.29. The summed E-state index contributed by atoms with van der Waals surface area (Å²) < 4.78 is -0.475. The van der Waals surface area contributed by atoms with Crippen LogP contribution in [0.5, 0.6) is 0 Å². The van der Waals surface area contributed by atoms with Gasteiger partial charge in [0.25, 0.3) is 0 Å². The van der Waals surface area contributed by atoms with Crippen LogP contribution in [0, 0.1) is 0 Å². The molecule has 0 saturated carbocycles. The largest absolute Gasteiger partial charge is 0.298 e. The molecule has 0 aliphatic carbocycles. The summed E-state index contributed by atoms with van der Waals surface area (Å²) in [5.74, 6) is 0. The fourth-order valence-electron chi connectivity index (χ4n) is 1.000. The normalized spacial score (nSPS) is 10.2. The lowest BCUT2D eigenvalue weighted by atomic mass is 10.1. The number of hydrogen-bond donors (Lipinski definition) is 0. The van der Waals surface area contributed by atoms with Crippen molar-refractivity contribution in [1.82, 2.24) is 0 Å². The van der Waals surface area contributed by atoms with E-state index in [9.17, 15) is 9.59 Å². The van der Waals surface area contributed by atoms with Crippen molar-refractivity contribution in [3.63, 3.8) is 0 Å². The van der Waals surface area contributed by atoms with Crippen LogP contribution in [-0.2, 0) is 0 Å². The third kappa shape index (κ3) is 2.94. The summed E-state index contributed by atoms with van der Waals surface area (Å²) in [6, 6.07) is 4.97. The number of benzene rings is 1. The highest BCUT2D eigenvalue weighted by molar-refractivity contribution is 6.75. The topological polar surface area (TPSA) is 34.1 Å². The summed E-state index contributed by atoms with van der Waals surface area (Å²) >= 11 is 11.2. The lowest BCUT2D eigenvalue weighted by Crippen LogP contribution is -2.21. The Balaban J connectivity index is 3.01. The Hall–Kier alpha value is -0.643. The SMILES string of the molecule is O=Cc1ccc([Si]C(Cl)Cl)cc1C=O. The minimum Gasteiger partial charge on any atom is -0.298 e. The van der Waals surface area contributed by atoms with E-state index in [0.717, 1.165) is 5.19 Å². The van der Waals surface area contributed by atoms with Crippen molar-refractivity contribution in [3.8, 4) is 0 Å². The van der Waals surface area contributed by atoms with Gasteiger partial charge in [-0.05, 0) is 0 Å². The smallest absolute Gasteiger partial charge is 0.150 e. The van der Waals surface area contributed by atoms with E-state index in [1.165, 1.54) is 0 Å². The van der Waals surface area contributed by atoms with Crippen LogP contribution >= 0.6 is 23.2 Å². The van der Waals surface area contributed by atoms with E-state index in [2.05, 4.69) is 0 Å². The van der Waals surface area contributed by atoms with Crippen LogP contribution in [0.15, 0.2) is 18.2 Å². The summed E-state index contributed by atoms with van der Waals surface area (Å²) in [6.07, 6.45) is 1.30. The van der Waals surface area contributed by atoms with Crippen molar-refractivity contribution in [2.45, 2.75) is 4.46 Å². The maximum Gasteiger partial charge on any atom is 0.150 e. The lowest BCUT2D eigenvalue weighted by Gasteiger charge is -2.02. The molecular formula is C9H6Cl2O2Si. The molecule has 0 atom stereocenters. The second-order valence-corrected chi connectivity index (χ2v) is 5.80. The molecule has 0 aliphatic heterocycles. The van der Waals surface area contributed by atoms with E-state index in [0.29, 0.717) is 23.7 Å². The van der Waals surface area contributed by atoms with Gasteiger partial charge in [-0.25, -0.2) is 0 Å². The van der Waals surface area contributed by atoms with E-state index in [1.54, 1.807) is 18.2 Å². The molecule has 0 spiro atoms. The number of carbonyl (C=O) groups is 2. The Labute approximate surface area is 94.0 Å². The van der Waals surface area contributed by atoms with Crippen LogP contribution in [0.3, 0.4) is 0 Å². The summed E-state index contributed by atoms with van der Waals surface area (Å²) in [7, 11) is 0.214. The van der Waals surface area contributed by atoms with E-state index in [-0.39, 0.29) is 9.52 Å². The van der Waals surface area contributed by atoms with Gasteiger partial charge < -0.3 is 0 Å². The molecule has 0 amide bonds. The van der Waals surface area contributed by atoms with E-state index < -0.39 is 4.46 Å². The summed E-state index contributed by atoms with van der Waals surface area (Å²) in [5, 5.41) is 0.868. The average Bonchev–Trinajstić information content (AvgIpc) is 2.16. The van der Waals surface area contributed by atoms with Crippen molar-refractivity contribution in [2.75, 3.05) is 0 Å². The number of hydrogen-bond acceptors (Lipinski definition) is 2.